The SMILES string of the molecule is Cc1cccc(C)c1N=CN(c1c(C)cccc1C)P(=O)(C(C)C)C(C)C. The predicted molar refractivity (Wildman–Crippen MR) is 120 cm³/mol. The highest BCUT2D eigenvalue weighted by Gasteiger charge is 2.38. The van der Waals surface area contributed by atoms with Gasteiger partial charge in [0, 0.05) is 11.3 Å². The van der Waals surface area contributed by atoms with Crippen molar-refractivity contribution in [3.63, 3.8) is 0 Å². The molecule has 0 unspecified atom stereocenters. The molecule has 0 saturated heterocycles. The molecule has 2 rings (SSSR count). The van der Waals surface area contributed by atoms with Crippen LogP contribution in [0.2, 0.25) is 0 Å². The minimum absolute atomic E-state index is 0.0286. The van der Waals surface area contributed by atoms with Crippen molar-refractivity contribution in [1.82, 2.24) is 0 Å². The maximum absolute atomic E-state index is 14.2. The number of aliphatic imine (C=N–C) groups is 1. The Bertz CT molecular complexity index is 831. The van der Waals surface area contributed by atoms with E-state index in [0.29, 0.717) is 0 Å². The summed E-state index contributed by atoms with van der Waals surface area (Å²) in [6, 6.07) is 12.4. The molecule has 0 heterocycles. The van der Waals surface area contributed by atoms with Crippen LogP contribution in [0.15, 0.2) is 41.4 Å². The van der Waals surface area contributed by atoms with Gasteiger partial charge in [-0.3, -0.25) is 9.24 Å². The summed E-state index contributed by atoms with van der Waals surface area (Å²) < 4.78 is 16.2. The molecule has 0 aliphatic carbocycles. The zero-order valence-corrected chi connectivity index (χ0v) is 18.8. The summed E-state index contributed by atoms with van der Waals surface area (Å²) in [5.74, 6) is 0. The van der Waals surface area contributed by atoms with Crippen LogP contribution in [0.5, 0.6) is 0 Å². The molecule has 4 heteroatoms. The van der Waals surface area contributed by atoms with E-state index in [1.54, 1.807) is 0 Å². The van der Waals surface area contributed by atoms with Crippen LogP contribution in [0.25, 0.3) is 0 Å². The van der Waals surface area contributed by atoms with Crippen LogP contribution in [-0.2, 0) is 4.57 Å². The molecule has 3 nitrogen and oxygen atoms in total. The van der Waals surface area contributed by atoms with Gasteiger partial charge in [-0.1, -0.05) is 64.1 Å². The topological polar surface area (TPSA) is 32.7 Å². The number of rotatable bonds is 6. The van der Waals surface area contributed by atoms with Crippen molar-refractivity contribution < 1.29 is 4.57 Å². The van der Waals surface area contributed by atoms with Crippen molar-refractivity contribution >= 4 is 25.0 Å². The standard InChI is InChI=1S/C23H33N2OP/c1-16(2)27(26,17(3)4)25(23-20(7)13-10-14-21(23)8)15-24-22-18(5)11-9-12-19(22)6/h9-17H,1-8H3. The maximum Gasteiger partial charge on any atom is 0.182 e. The van der Waals surface area contributed by atoms with Gasteiger partial charge in [0.15, 0.2) is 7.29 Å². The van der Waals surface area contributed by atoms with Gasteiger partial charge in [-0.2, -0.15) is 0 Å². The van der Waals surface area contributed by atoms with Gasteiger partial charge in [0.1, 0.15) is 6.34 Å². The zero-order valence-electron chi connectivity index (χ0n) is 17.9. The summed E-state index contributed by atoms with van der Waals surface area (Å²) in [5.41, 5.74) is 6.50. The number of hydrogen-bond donors (Lipinski definition) is 0. The number of hydrogen-bond acceptors (Lipinski definition) is 2. The molecule has 146 valence electrons. The van der Waals surface area contributed by atoms with Crippen molar-refractivity contribution in [3.8, 4) is 0 Å². The molecule has 0 radical (unpaired) electrons. The first-order valence-corrected chi connectivity index (χ1v) is 11.5. The average Bonchev–Trinajstić information content (AvgIpc) is 2.58. The molecule has 0 atom stereocenters. The minimum Gasteiger partial charge on any atom is -0.299 e. The van der Waals surface area contributed by atoms with E-state index in [2.05, 4.69) is 52.0 Å². The Labute approximate surface area is 165 Å². The molecule has 0 aliphatic heterocycles. The van der Waals surface area contributed by atoms with E-state index in [9.17, 15) is 4.57 Å². The Morgan fingerprint density at radius 3 is 1.63 bits per heavy atom. The normalized spacial score (nSPS) is 12.4. The average molecular weight is 385 g/mol. The Hall–Kier alpha value is -1.86. The molecule has 0 spiro atoms. The lowest BCUT2D eigenvalue weighted by Crippen LogP contribution is -2.28. The zero-order chi connectivity index (χ0) is 20.4. The highest BCUT2D eigenvalue weighted by atomic mass is 31.2. The molecule has 0 aliphatic rings. The van der Waals surface area contributed by atoms with Gasteiger partial charge in [-0.25, -0.2) is 4.99 Å². The third-order valence-corrected chi connectivity index (χ3v) is 9.16. The van der Waals surface area contributed by atoms with E-state index in [0.717, 1.165) is 33.6 Å². The van der Waals surface area contributed by atoms with Crippen LogP contribution in [0.1, 0.15) is 49.9 Å². The van der Waals surface area contributed by atoms with Crippen molar-refractivity contribution in [3.05, 3.63) is 58.7 Å². The van der Waals surface area contributed by atoms with Gasteiger partial charge >= 0.3 is 0 Å². The summed E-state index contributed by atoms with van der Waals surface area (Å²) >= 11 is 0. The van der Waals surface area contributed by atoms with Crippen molar-refractivity contribution in [2.45, 2.75) is 66.7 Å². The molecule has 0 bridgehead atoms. The van der Waals surface area contributed by atoms with Crippen LogP contribution in [0.4, 0.5) is 11.4 Å². The van der Waals surface area contributed by atoms with Gasteiger partial charge in [-0.15, -0.1) is 0 Å². The smallest absolute Gasteiger partial charge is 0.182 e. The summed E-state index contributed by atoms with van der Waals surface area (Å²) in [7, 11) is -2.73. The lowest BCUT2D eigenvalue weighted by atomic mass is 10.1. The highest BCUT2D eigenvalue weighted by Crippen LogP contribution is 2.60. The quantitative estimate of drug-likeness (QED) is 0.300. The Kier molecular flexibility index (Phi) is 6.70. The van der Waals surface area contributed by atoms with E-state index in [4.69, 9.17) is 4.99 Å². The van der Waals surface area contributed by atoms with E-state index in [-0.39, 0.29) is 11.3 Å². The second-order valence-corrected chi connectivity index (χ2v) is 11.8. The van der Waals surface area contributed by atoms with Gasteiger partial charge < -0.3 is 0 Å². The fourth-order valence-electron chi connectivity index (χ4n) is 3.68. The van der Waals surface area contributed by atoms with E-state index < -0.39 is 7.29 Å². The predicted octanol–water partition coefficient (Wildman–Crippen LogP) is 7.18. The highest BCUT2D eigenvalue weighted by molar-refractivity contribution is 7.67. The first-order valence-electron chi connectivity index (χ1n) is 9.66. The van der Waals surface area contributed by atoms with Gasteiger partial charge in [0.2, 0.25) is 0 Å². The van der Waals surface area contributed by atoms with Gasteiger partial charge in [-0.05, 0) is 49.9 Å². The fourth-order valence-corrected chi connectivity index (χ4v) is 6.71. The second-order valence-electron chi connectivity index (χ2n) is 7.93. The first-order chi connectivity index (χ1) is 12.6. The third kappa shape index (κ3) is 4.19. The lowest BCUT2D eigenvalue weighted by molar-refractivity contribution is 0.562. The molecule has 0 saturated carbocycles. The maximum atomic E-state index is 14.2. The number of benzene rings is 2. The summed E-state index contributed by atoms with van der Waals surface area (Å²) in [6.07, 6.45) is 1.81. The summed E-state index contributed by atoms with van der Waals surface area (Å²) in [4.78, 5) is 4.82. The molecule has 27 heavy (non-hydrogen) atoms. The van der Waals surface area contributed by atoms with Gasteiger partial charge in [0.05, 0.1) is 11.4 Å². The number of nitrogens with zero attached hydrogens (tertiary/aromatic N) is 2. The van der Waals surface area contributed by atoms with E-state index in [1.165, 1.54) is 0 Å². The molecule has 2 aromatic rings. The van der Waals surface area contributed by atoms with Crippen molar-refractivity contribution in [1.29, 1.82) is 0 Å². The van der Waals surface area contributed by atoms with Crippen LogP contribution in [0.3, 0.4) is 0 Å². The third-order valence-electron chi connectivity index (χ3n) is 5.22. The van der Waals surface area contributed by atoms with Crippen molar-refractivity contribution in [2.24, 2.45) is 4.99 Å². The van der Waals surface area contributed by atoms with Crippen LogP contribution < -0.4 is 4.67 Å². The summed E-state index contributed by atoms with van der Waals surface area (Å²) in [6.45, 7) is 16.5. The molecular weight excluding hydrogens is 351 g/mol. The van der Waals surface area contributed by atoms with Crippen LogP contribution in [0, 0.1) is 27.7 Å². The Morgan fingerprint density at radius 2 is 1.22 bits per heavy atom. The molecule has 0 fully saturated rings. The van der Waals surface area contributed by atoms with Crippen molar-refractivity contribution in [2.75, 3.05) is 4.67 Å². The molecule has 0 N–H and O–H groups in total. The monoisotopic (exact) mass is 384 g/mol. The molecule has 0 aromatic heterocycles. The molecule has 0 amide bonds. The Morgan fingerprint density at radius 1 is 0.815 bits per heavy atom. The van der Waals surface area contributed by atoms with Crippen LogP contribution >= 0.6 is 7.29 Å². The number of para-hydroxylation sites is 2. The first kappa shape index (κ1) is 21.4. The largest absolute Gasteiger partial charge is 0.299 e. The molecule has 2 aromatic carbocycles. The Balaban J connectivity index is 2.71. The fraction of sp³-hybridized carbons (Fsp3) is 0.435. The van der Waals surface area contributed by atoms with E-state index >= 15 is 0 Å². The second kappa shape index (κ2) is 8.44. The number of aryl methyl sites for hydroxylation is 4. The lowest BCUT2D eigenvalue weighted by Gasteiger charge is -2.37. The van der Waals surface area contributed by atoms with E-state index in [1.807, 2.05) is 50.8 Å². The number of anilines is 1. The van der Waals surface area contributed by atoms with Crippen LogP contribution in [-0.4, -0.2) is 17.7 Å². The summed E-state index contributed by atoms with van der Waals surface area (Å²) in [5, 5.41) is 0. The molecular formula is C23H33N2OP. The van der Waals surface area contributed by atoms with Gasteiger partial charge in [0.25, 0.3) is 0 Å². The minimum atomic E-state index is -2.73.